The first-order valence-electron chi connectivity index (χ1n) is 8.82. The highest BCUT2D eigenvalue weighted by atomic mass is 19.1. The van der Waals surface area contributed by atoms with Crippen molar-refractivity contribution in [2.24, 2.45) is 0 Å². The van der Waals surface area contributed by atoms with Gasteiger partial charge in [-0.3, -0.25) is 4.79 Å². The van der Waals surface area contributed by atoms with Gasteiger partial charge in [-0.05, 0) is 30.0 Å². The molecule has 6 nitrogen and oxygen atoms in total. The zero-order chi connectivity index (χ0) is 19.9. The fraction of sp³-hybridized carbons (Fsp3) is 0.250. The van der Waals surface area contributed by atoms with Crippen molar-refractivity contribution in [1.82, 2.24) is 10.1 Å². The van der Waals surface area contributed by atoms with Crippen molar-refractivity contribution in [3.05, 3.63) is 59.5 Å². The van der Waals surface area contributed by atoms with Crippen LogP contribution < -0.4 is 11.1 Å². The van der Waals surface area contributed by atoms with Crippen molar-refractivity contribution in [3.63, 3.8) is 0 Å². The Kier molecular flexibility index (Phi) is 4.33. The van der Waals surface area contributed by atoms with Gasteiger partial charge in [0.25, 0.3) is 0 Å². The largest absolute Gasteiger partial charge is 0.381 e. The number of nitrogens with one attached hydrogen (secondary N) is 1. The lowest BCUT2D eigenvalue weighted by molar-refractivity contribution is -0.115. The monoisotopic (exact) mass is 384 g/mol. The molecule has 2 heterocycles. The van der Waals surface area contributed by atoms with E-state index in [4.69, 9.17) is 10.3 Å². The maximum atomic E-state index is 13.9. The average Bonchev–Trinajstić information content (AvgIpc) is 3.22. The number of halogens is 2. The van der Waals surface area contributed by atoms with E-state index in [-0.39, 0.29) is 23.3 Å². The number of carbonyl (C=O) groups excluding carboxylic acids is 1. The summed E-state index contributed by atoms with van der Waals surface area (Å²) in [4.78, 5) is 15.6. The summed E-state index contributed by atoms with van der Waals surface area (Å²) in [6, 6.07) is 9.28. The highest BCUT2D eigenvalue weighted by molar-refractivity contribution is 5.91. The second-order valence-corrected chi connectivity index (χ2v) is 7.25. The third kappa shape index (κ3) is 3.58. The Bertz CT molecular complexity index is 1040. The van der Waals surface area contributed by atoms with E-state index < -0.39 is 17.6 Å². The van der Waals surface area contributed by atoms with Gasteiger partial charge in [0.2, 0.25) is 11.9 Å². The van der Waals surface area contributed by atoms with Crippen LogP contribution >= 0.6 is 0 Å². The van der Waals surface area contributed by atoms with Crippen LogP contribution in [0, 0.1) is 11.8 Å². The number of nitrogen functional groups attached to an aromatic ring is 1. The van der Waals surface area contributed by atoms with E-state index in [1.807, 2.05) is 0 Å². The first kappa shape index (κ1) is 18.1. The summed E-state index contributed by atoms with van der Waals surface area (Å²) in [5.41, 5.74) is 6.45. The van der Waals surface area contributed by atoms with E-state index in [2.05, 4.69) is 22.4 Å². The number of hydrogen-bond acceptors (Lipinski definition) is 5. The van der Waals surface area contributed by atoms with Crippen LogP contribution in [0.3, 0.4) is 0 Å². The molecule has 0 saturated heterocycles. The van der Waals surface area contributed by atoms with Gasteiger partial charge in [0.1, 0.15) is 5.76 Å². The summed E-state index contributed by atoms with van der Waals surface area (Å²) < 4.78 is 32.8. The molecule has 0 aliphatic heterocycles. The third-order valence-electron chi connectivity index (χ3n) is 4.96. The van der Waals surface area contributed by atoms with Crippen LogP contribution in [0.15, 0.2) is 40.9 Å². The van der Waals surface area contributed by atoms with Crippen molar-refractivity contribution >= 4 is 17.5 Å². The molecular weight excluding hydrogens is 366 g/mol. The predicted molar refractivity (Wildman–Crippen MR) is 99.4 cm³/mol. The van der Waals surface area contributed by atoms with E-state index >= 15 is 0 Å². The Morgan fingerprint density at radius 1 is 1.25 bits per heavy atom. The molecule has 2 aromatic heterocycles. The molecule has 3 aromatic rings. The van der Waals surface area contributed by atoms with Gasteiger partial charge in [0, 0.05) is 17.0 Å². The summed E-state index contributed by atoms with van der Waals surface area (Å²) in [6.45, 7) is 2.09. The van der Waals surface area contributed by atoms with E-state index in [0.29, 0.717) is 16.9 Å². The van der Waals surface area contributed by atoms with Gasteiger partial charge in [0.05, 0.1) is 6.42 Å². The lowest BCUT2D eigenvalue weighted by atomic mass is 10.0. The Balaban J connectivity index is 1.42. The van der Waals surface area contributed by atoms with Gasteiger partial charge < -0.3 is 15.6 Å². The second-order valence-electron chi connectivity index (χ2n) is 7.25. The molecule has 0 unspecified atom stereocenters. The van der Waals surface area contributed by atoms with Crippen molar-refractivity contribution in [3.8, 4) is 11.1 Å². The third-order valence-corrected chi connectivity index (χ3v) is 4.96. The summed E-state index contributed by atoms with van der Waals surface area (Å²) in [5.74, 6) is -1.21. The number of nitrogens with zero attached hydrogens (tertiary/aromatic N) is 2. The molecule has 1 aliphatic carbocycles. The first-order valence-corrected chi connectivity index (χ1v) is 8.82. The van der Waals surface area contributed by atoms with Crippen LogP contribution in [0.4, 0.5) is 20.4 Å². The number of nitrogens with two attached hydrogens (primary N) is 1. The van der Waals surface area contributed by atoms with Crippen LogP contribution in [0.2, 0.25) is 0 Å². The molecule has 144 valence electrons. The maximum absolute atomic E-state index is 13.9. The molecule has 0 spiro atoms. The lowest BCUT2D eigenvalue weighted by Crippen LogP contribution is -2.14. The van der Waals surface area contributed by atoms with Crippen LogP contribution in [0.1, 0.15) is 31.1 Å². The van der Waals surface area contributed by atoms with Gasteiger partial charge >= 0.3 is 0 Å². The molecule has 1 aromatic carbocycles. The predicted octanol–water partition coefficient (Wildman–Crippen LogP) is 3.83. The summed E-state index contributed by atoms with van der Waals surface area (Å²) >= 11 is 0. The molecular formula is C20H18F2N4O2. The SMILES string of the molecule is CC1(c2cc(NC(=O)Cc3ccc(-c4cc(F)c(N)nc4F)cc3)no2)CC1. The second kappa shape index (κ2) is 6.70. The minimum Gasteiger partial charge on any atom is -0.381 e. The molecule has 1 aliphatic rings. The Labute approximate surface area is 159 Å². The highest BCUT2D eigenvalue weighted by Crippen LogP contribution is 2.48. The molecule has 0 bridgehead atoms. The molecule has 0 radical (unpaired) electrons. The number of pyridine rings is 1. The average molecular weight is 384 g/mol. The van der Waals surface area contributed by atoms with Crippen LogP contribution in [-0.4, -0.2) is 16.0 Å². The van der Waals surface area contributed by atoms with Crippen molar-refractivity contribution in [2.75, 3.05) is 11.1 Å². The lowest BCUT2D eigenvalue weighted by Gasteiger charge is -2.07. The number of carbonyl (C=O) groups is 1. The van der Waals surface area contributed by atoms with Crippen LogP contribution in [0.25, 0.3) is 11.1 Å². The molecule has 1 fully saturated rings. The number of hydrogen-bond donors (Lipinski definition) is 2. The fourth-order valence-corrected chi connectivity index (χ4v) is 2.91. The smallest absolute Gasteiger partial charge is 0.230 e. The Morgan fingerprint density at radius 2 is 1.96 bits per heavy atom. The van der Waals surface area contributed by atoms with Gasteiger partial charge in [-0.15, -0.1) is 0 Å². The topological polar surface area (TPSA) is 94.0 Å². The molecule has 4 rings (SSSR count). The van der Waals surface area contributed by atoms with Gasteiger partial charge in [-0.2, -0.15) is 9.37 Å². The normalized spacial score (nSPS) is 14.7. The van der Waals surface area contributed by atoms with E-state index in [9.17, 15) is 13.6 Å². The Morgan fingerprint density at radius 3 is 2.64 bits per heavy atom. The number of aromatic nitrogens is 2. The number of rotatable bonds is 5. The molecule has 8 heteroatoms. The summed E-state index contributed by atoms with van der Waals surface area (Å²) in [6.07, 6.45) is 2.21. The zero-order valence-corrected chi connectivity index (χ0v) is 15.1. The van der Waals surface area contributed by atoms with Crippen molar-refractivity contribution in [2.45, 2.75) is 31.6 Å². The highest BCUT2D eigenvalue weighted by Gasteiger charge is 2.42. The number of benzene rings is 1. The van der Waals surface area contributed by atoms with Gasteiger partial charge in [-0.25, -0.2) is 4.39 Å². The number of anilines is 2. The first-order chi connectivity index (χ1) is 13.3. The minimum atomic E-state index is -0.851. The van der Waals surface area contributed by atoms with E-state index in [0.717, 1.165) is 24.7 Å². The molecule has 1 amide bonds. The molecule has 1 saturated carbocycles. The number of amides is 1. The standard InChI is InChI=1S/C20H18F2N4O2/c1-20(6-7-20)15-10-16(26-28-15)24-17(27)8-11-2-4-12(5-3-11)13-9-14(21)19(23)25-18(13)22/h2-5,9-10H,6-8H2,1H3,(H2,23,25)(H,24,26,27). The summed E-state index contributed by atoms with van der Waals surface area (Å²) in [5, 5.41) is 6.58. The quantitative estimate of drug-likeness (QED) is 0.652. The molecule has 0 atom stereocenters. The summed E-state index contributed by atoms with van der Waals surface area (Å²) in [7, 11) is 0. The van der Waals surface area contributed by atoms with E-state index in [1.54, 1.807) is 30.3 Å². The van der Waals surface area contributed by atoms with Crippen molar-refractivity contribution in [1.29, 1.82) is 0 Å². The van der Waals surface area contributed by atoms with Gasteiger partial charge in [-0.1, -0.05) is 36.3 Å². The zero-order valence-electron chi connectivity index (χ0n) is 15.1. The minimum absolute atomic E-state index is 0.00592. The molecule has 3 N–H and O–H groups in total. The van der Waals surface area contributed by atoms with E-state index in [1.165, 1.54) is 0 Å². The van der Waals surface area contributed by atoms with Crippen LogP contribution in [-0.2, 0) is 16.6 Å². The van der Waals surface area contributed by atoms with Crippen molar-refractivity contribution < 1.29 is 18.1 Å². The fourth-order valence-electron chi connectivity index (χ4n) is 2.91. The molecule has 28 heavy (non-hydrogen) atoms. The van der Waals surface area contributed by atoms with Gasteiger partial charge in [0.15, 0.2) is 17.5 Å². The maximum Gasteiger partial charge on any atom is 0.230 e. The Hall–Kier alpha value is -3.29. The van der Waals surface area contributed by atoms with Crippen LogP contribution in [0.5, 0.6) is 0 Å².